The first-order valence-electron chi connectivity index (χ1n) is 8.68. The fraction of sp³-hybridized carbons (Fsp3) is 0.263. The first kappa shape index (κ1) is 18.4. The predicted octanol–water partition coefficient (Wildman–Crippen LogP) is 3.48. The Bertz CT molecular complexity index is 1060. The molecule has 0 saturated heterocycles. The van der Waals surface area contributed by atoms with Crippen molar-refractivity contribution in [3.63, 3.8) is 0 Å². The van der Waals surface area contributed by atoms with E-state index in [2.05, 4.69) is 15.6 Å². The zero-order valence-electron chi connectivity index (χ0n) is 14.6. The molecule has 0 saturated carbocycles. The summed E-state index contributed by atoms with van der Waals surface area (Å²) in [4.78, 5) is 16.0. The summed E-state index contributed by atoms with van der Waals surface area (Å²) in [5.41, 5.74) is 1.60. The Kier molecular flexibility index (Phi) is 4.54. The van der Waals surface area contributed by atoms with Crippen LogP contribution in [0.5, 0.6) is 0 Å². The fourth-order valence-corrected chi connectivity index (χ4v) is 3.42. The highest BCUT2D eigenvalue weighted by Crippen LogP contribution is 2.31. The molecule has 9 heteroatoms. The number of aromatic nitrogens is 2. The minimum Gasteiger partial charge on any atom is -0.322 e. The molecule has 28 heavy (non-hydrogen) atoms. The summed E-state index contributed by atoms with van der Waals surface area (Å²) in [6.07, 6.45) is -4.24. The molecule has 3 aromatic rings. The van der Waals surface area contributed by atoms with Crippen molar-refractivity contribution in [2.45, 2.75) is 25.7 Å². The molecule has 2 heterocycles. The summed E-state index contributed by atoms with van der Waals surface area (Å²) < 4.78 is 55.5. The van der Waals surface area contributed by atoms with Crippen LogP contribution in [-0.4, -0.2) is 22.0 Å². The van der Waals surface area contributed by atoms with Gasteiger partial charge in [0.25, 0.3) is 0 Å². The van der Waals surface area contributed by atoms with Crippen molar-refractivity contribution >= 4 is 22.6 Å². The Morgan fingerprint density at radius 2 is 2.00 bits per heavy atom. The van der Waals surface area contributed by atoms with Crippen LogP contribution in [-0.2, 0) is 30.5 Å². The number of alkyl halides is 3. The Hall–Kier alpha value is -2.94. The van der Waals surface area contributed by atoms with Gasteiger partial charge in [0.05, 0.1) is 16.7 Å². The van der Waals surface area contributed by atoms with Gasteiger partial charge in [0.1, 0.15) is 12.4 Å². The fourth-order valence-electron chi connectivity index (χ4n) is 3.42. The molecule has 2 aromatic carbocycles. The van der Waals surface area contributed by atoms with Crippen molar-refractivity contribution in [3.05, 3.63) is 59.2 Å². The molecule has 4 rings (SSSR count). The third-order valence-corrected chi connectivity index (χ3v) is 4.69. The van der Waals surface area contributed by atoms with E-state index in [-0.39, 0.29) is 16.7 Å². The SMILES string of the molecule is O=C(Cn1c(C(F)(F)F)nc2ccccc21)Nc1ccc2c(c1F)CCNC2. The van der Waals surface area contributed by atoms with Crippen LogP contribution in [0.4, 0.5) is 23.2 Å². The lowest BCUT2D eigenvalue weighted by atomic mass is 9.99. The number of benzene rings is 2. The lowest BCUT2D eigenvalue weighted by molar-refractivity contribution is -0.147. The lowest BCUT2D eigenvalue weighted by Crippen LogP contribution is -2.26. The highest BCUT2D eigenvalue weighted by molar-refractivity contribution is 5.92. The molecule has 0 unspecified atom stereocenters. The molecule has 1 amide bonds. The number of fused-ring (bicyclic) bond motifs is 2. The third kappa shape index (κ3) is 3.33. The summed E-state index contributed by atoms with van der Waals surface area (Å²) in [6.45, 7) is 0.529. The van der Waals surface area contributed by atoms with Crippen molar-refractivity contribution in [3.8, 4) is 0 Å². The monoisotopic (exact) mass is 392 g/mol. The maximum absolute atomic E-state index is 14.7. The summed E-state index contributed by atoms with van der Waals surface area (Å²) in [7, 11) is 0. The number of nitrogens with one attached hydrogen (secondary N) is 2. The summed E-state index contributed by atoms with van der Waals surface area (Å²) in [5.74, 6) is -2.47. The van der Waals surface area contributed by atoms with Crippen LogP contribution in [0.3, 0.4) is 0 Å². The number of carbonyl (C=O) groups is 1. The molecule has 2 N–H and O–H groups in total. The number of anilines is 1. The van der Waals surface area contributed by atoms with Crippen LogP contribution < -0.4 is 10.6 Å². The van der Waals surface area contributed by atoms with Crippen LogP contribution in [0.15, 0.2) is 36.4 Å². The van der Waals surface area contributed by atoms with Gasteiger partial charge in [-0.2, -0.15) is 13.2 Å². The van der Waals surface area contributed by atoms with Gasteiger partial charge >= 0.3 is 6.18 Å². The zero-order valence-corrected chi connectivity index (χ0v) is 14.6. The largest absolute Gasteiger partial charge is 0.449 e. The van der Waals surface area contributed by atoms with E-state index in [1.807, 2.05) is 0 Å². The number of rotatable bonds is 3. The van der Waals surface area contributed by atoms with E-state index >= 15 is 0 Å². The Morgan fingerprint density at radius 1 is 1.21 bits per heavy atom. The van der Waals surface area contributed by atoms with E-state index in [1.54, 1.807) is 18.2 Å². The van der Waals surface area contributed by atoms with Gasteiger partial charge in [-0.3, -0.25) is 4.79 Å². The number of para-hydroxylation sites is 2. The second-order valence-corrected chi connectivity index (χ2v) is 6.55. The molecule has 0 fully saturated rings. The standard InChI is InChI=1S/C19H16F4N4O/c20-17-12-7-8-24-9-11(12)5-6-14(17)25-16(28)10-27-15-4-2-1-3-13(15)26-18(27)19(21,22)23/h1-6,24H,7-10H2,(H,25,28). The first-order valence-corrected chi connectivity index (χ1v) is 8.68. The molecule has 1 aliphatic heterocycles. The van der Waals surface area contributed by atoms with Gasteiger partial charge in [-0.05, 0) is 42.3 Å². The number of nitrogens with zero attached hydrogens (tertiary/aromatic N) is 2. The van der Waals surface area contributed by atoms with E-state index in [0.29, 0.717) is 25.1 Å². The number of halogens is 4. The number of imidazole rings is 1. The maximum Gasteiger partial charge on any atom is 0.449 e. The van der Waals surface area contributed by atoms with E-state index in [9.17, 15) is 22.4 Å². The second kappa shape index (κ2) is 6.90. The van der Waals surface area contributed by atoms with E-state index in [1.165, 1.54) is 18.2 Å². The molecule has 0 radical (unpaired) electrons. The zero-order chi connectivity index (χ0) is 19.9. The molecular formula is C19H16F4N4O. The maximum atomic E-state index is 14.7. The van der Waals surface area contributed by atoms with Gasteiger partial charge in [-0.15, -0.1) is 0 Å². The highest BCUT2D eigenvalue weighted by Gasteiger charge is 2.38. The van der Waals surface area contributed by atoms with Crippen LogP contribution in [0.2, 0.25) is 0 Å². The highest BCUT2D eigenvalue weighted by atomic mass is 19.4. The predicted molar refractivity (Wildman–Crippen MR) is 95.2 cm³/mol. The van der Waals surface area contributed by atoms with Crippen LogP contribution in [0.1, 0.15) is 17.0 Å². The van der Waals surface area contributed by atoms with Gasteiger partial charge in [-0.25, -0.2) is 9.37 Å². The molecule has 5 nitrogen and oxygen atoms in total. The van der Waals surface area contributed by atoms with Crippen molar-refractivity contribution in [2.24, 2.45) is 0 Å². The summed E-state index contributed by atoms with van der Waals surface area (Å²) in [5, 5.41) is 5.52. The van der Waals surface area contributed by atoms with E-state index in [4.69, 9.17) is 0 Å². The van der Waals surface area contributed by atoms with Crippen LogP contribution in [0, 0.1) is 5.82 Å². The van der Waals surface area contributed by atoms with Gasteiger partial charge in [0, 0.05) is 6.54 Å². The lowest BCUT2D eigenvalue weighted by Gasteiger charge is -2.19. The minimum absolute atomic E-state index is 0.0383. The number of carbonyl (C=O) groups excluding carboxylic acids is 1. The average Bonchev–Trinajstić information content (AvgIpc) is 3.03. The molecule has 0 atom stereocenters. The van der Waals surface area contributed by atoms with Gasteiger partial charge in [0.15, 0.2) is 0 Å². The smallest absolute Gasteiger partial charge is 0.322 e. The topological polar surface area (TPSA) is 59.0 Å². The molecular weight excluding hydrogens is 376 g/mol. The Morgan fingerprint density at radius 3 is 2.79 bits per heavy atom. The summed E-state index contributed by atoms with van der Waals surface area (Å²) in [6, 6.07) is 9.16. The van der Waals surface area contributed by atoms with E-state index < -0.39 is 30.3 Å². The van der Waals surface area contributed by atoms with Gasteiger partial charge < -0.3 is 15.2 Å². The molecule has 0 bridgehead atoms. The number of hydrogen-bond donors (Lipinski definition) is 2. The number of amides is 1. The van der Waals surface area contributed by atoms with Gasteiger partial charge in [0.2, 0.25) is 11.7 Å². The van der Waals surface area contributed by atoms with Crippen molar-refractivity contribution in [1.82, 2.24) is 14.9 Å². The van der Waals surface area contributed by atoms with Crippen LogP contribution in [0.25, 0.3) is 11.0 Å². The van der Waals surface area contributed by atoms with Crippen molar-refractivity contribution in [1.29, 1.82) is 0 Å². The molecule has 1 aliphatic rings. The number of hydrogen-bond acceptors (Lipinski definition) is 3. The Balaban J connectivity index is 1.63. The van der Waals surface area contributed by atoms with Gasteiger partial charge in [-0.1, -0.05) is 18.2 Å². The molecule has 146 valence electrons. The third-order valence-electron chi connectivity index (χ3n) is 4.69. The normalized spacial score (nSPS) is 14.1. The first-order chi connectivity index (χ1) is 13.3. The quantitative estimate of drug-likeness (QED) is 0.671. The second-order valence-electron chi connectivity index (χ2n) is 6.55. The Labute approximate surface area is 157 Å². The minimum atomic E-state index is -4.72. The van der Waals surface area contributed by atoms with Crippen molar-refractivity contribution < 1.29 is 22.4 Å². The van der Waals surface area contributed by atoms with E-state index in [0.717, 1.165) is 10.1 Å². The summed E-state index contributed by atoms with van der Waals surface area (Å²) >= 11 is 0. The molecule has 1 aromatic heterocycles. The molecule has 0 spiro atoms. The van der Waals surface area contributed by atoms with Crippen molar-refractivity contribution in [2.75, 3.05) is 11.9 Å². The van der Waals surface area contributed by atoms with Crippen LogP contribution >= 0.6 is 0 Å². The average molecular weight is 392 g/mol. The molecule has 0 aliphatic carbocycles.